The molecule has 1 amide bonds. The van der Waals surface area contributed by atoms with E-state index in [1.54, 1.807) is 24.3 Å². The van der Waals surface area contributed by atoms with E-state index in [-0.39, 0.29) is 5.91 Å². The van der Waals surface area contributed by atoms with Gasteiger partial charge in [-0.2, -0.15) is 0 Å². The molecule has 0 bridgehead atoms. The molecule has 0 saturated carbocycles. The predicted molar refractivity (Wildman–Crippen MR) is 86.2 cm³/mol. The highest BCUT2D eigenvalue weighted by Gasteiger charge is 2.13. The highest BCUT2D eigenvalue weighted by atomic mass is 79.9. The van der Waals surface area contributed by atoms with Crippen LogP contribution < -0.4 is 11.1 Å². The van der Waals surface area contributed by atoms with E-state index in [1.165, 1.54) is 11.3 Å². The first-order valence-electron chi connectivity index (χ1n) is 4.78. The third-order valence-electron chi connectivity index (χ3n) is 2.11. The van der Waals surface area contributed by atoms with Crippen molar-refractivity contribution in [2.45, 2.75) is 0 Å². The Bertz CT molecular complexity index is 593. The maximum absolute atomic E-state index is 12.0. The van der Waals surface area contributed by atoms with Gasteiger partial charge in [-0.05, 0) is 72.1 Å². The van der Waals surface area contributed by atoms with Gasteiger partial charge < -0.3 is 11.1 Å². The molecule has 0 unspecified atom stereocenters. The summed E-state index contributed by atoms with van der Waals surface area (Å²) in [6.07, 6.45) is 0. The van der Waals surface area contributed by atoms with Gasteiger partial charge in [-0.1, -0.05) is 0 Å². The molecule has 2 rings (SSSR count). The Hall–Kier alpha value is -0.370. The van der Waals surface area contributed by atoms with E-state index < -0.39 is 0 Å². The average molecular weight is 455 g/mol. The number of hydrogen-bond donors (Lipinski definition) is 2. The summed E-state index contributed by atoms with van der Waals surface area (Å²) in [7, 11) is 0. The van der Waals surface area contributed by atoms with Gasteiger partial charge in [0.15, 0.2) is 0 Å². The Morgan fingerprint density at radius 3 is 2.44 bits per heavy atom. The standard InChI is InChI=1S/C11H7Br3N2OS/c12-6-3-5(15)1-2-8(6)16-11(17)9-4-7(13)10(14)18-9/h1-4H,15H2,(H,16,17). The SMILES string of the molecule is Nc1ccc(NC(=O)c2cc(Br)c(Br)s2)c(Br)c1. The van der Waals surface area contributed by atoms with E-state index in [0.29, 0.717) is 16.3 Å². The van der Waals surface area contributed by atoms with Crippen LogP contribution in [0.3, 0.4) is 0 Å². The van der Waals surface area contributed by atoms with Crippen molar-refractivity contribution in [3.05, 3.63) is 41.9 Å². The van der Waals surface area contributed by atoms with Crippen LogP contribution in [0.15, 0.2) is 37.0 Å². The topological polar surface area (TPSA) is 55.1 Å². The van der Waals surface area contributed by atoms with E-state index >= 15 is 0 Å². The molecule has 0 aliphatic heterocycles. The molecule has 3 nitrogen and oxygen atoms in total. The zero-order valence-electron chi connectivity index (χ0n) is 8.84. The molecule has 0 spiro atoms. The number of nitrogens with two attached hydrogens (primary N) is 1. The quantitative estimate of drug-likeness (QED) is 0.636. The summed E-state index contributed by atoms with van der Waals surface area (Å²) in [6.45, 7) is 0. The van der Waals surface area contributed by atoms with Crippen LogP contribution in [0.2, 0.25) is 0 Å². The van der Waals surface area contributed by atoms with Crippen molar-refractivity contribution < 1.29 is 4.79 Å². The minimum absolute atomic E-state index is 0.156. The van der Waals surface area contributed by atoms with Gasteiger partial charge in [0.25, 0.3) is 5.91 Å². The second-order valence-corrected chi connectivity index (χ2v) is 7.50. The molecular weight excluding hydrogens is 448 g/mol. The molecule has 0 radical (unpaired) electrons. The number of thiophene rings is 1. The first-order chi connectivity index (χ1) is 8.47. The van der Waals surface area contributed by atoms with Crippen LogP contribution in [-0.4, -0.2) is 5.91 Å². The van der Waals surface area contributed by atoms with Crippen molar-refractivity contribution in [1.82, 2.24) is 0 Å². The molecule has 18 heavy (non-hydrogen) atoms. The maximum Gasteiger partial charge on any atom is 0.265 e. The number of anilines is 2. The molecule has 0 atom stereocenters. The van der Waals surface area contributed by atoms with Gasteiger partial charge in [-0.15, -0.1) is 11.3 Å². The number of amides is 1. The summed E-state index contributed by atoms with van der Waals surface area (Å²) >= 11 is 11.4. The van der Waals surface area contributed by atoms with Crippen LogP contribution in [-0.2, 0) is 0 Å². The normalized spacial score (nSPS) is 10.4. The fraction of sp³-hybridized carbons (Fsp3) is 0. The van der Waals surface area contributed by atoms with E-state index in [4.69, 9.17) is 5.73 Å². The molecule has 94 valence electrons. The third kappa shape index (κ3) is 3.14. The lowest BCUT2D eigenvalue weighted by atomic mass is 10.3. The molecule has 1 aromatic heterocycles. The summed E-state index contributed by atoms with van der Waals surface area (Å²) in [4.78, 5) is 12.6. The largest absolute Gasteiger partial charge is 0.399 e. The van der Waals surface area contributed by atoms with E-state index in [9.17, 15) is 4.79 Å². The average Bonchev–Trinajstić information content (AvgIpc) is 2.63. The van der Waals surface area contributed by atoms with Crippen LogP contribution in [0.1, 0.15) is 9.67 Å². The molecular formula is C11H7Br3N2OS. The Balaban J connectivity index is 2.21. The van der Waals surface area contributed by atoms with Crippen molar-refractivity contribution >= 4 is 76.4 Å². The number of carbonyl (C=O) groups is 1. The summed E-state index contributed by atoms with van der Waals surface area (Å²) in [6, 6.07) is 7.01. The van der Waals surface area contributed by atoms with Crippen LogP contribution >= 0.6 is 59.1 Å². The van der Waals surface area contributed by atoms with Gasteiger partial charge >= 0.3 is 0 Å². The van der Waals surface area contributed by atoms with Gasteiger partial charge in [0.05, 0.1) is 14.4 Å². The molecule has 7 heteroatoms. The second-order valence-electron chi connectivity index (χ2n) is 3.43. The fourth-order valence-electron chi connectivity index (χ4n) is 1.28. The number of carbonyl (C=O) groups excluding carboxylic acids is 1. The minimum Gasteiger partial charge on any atom is -0.399 e. The summed E-state index contributed by atoms with van der Waals surface area (Å²) < 4.78 is 2.52. The smallest absolute Gasteiger partial charge is 0.265 e. The van der Waals surface area contributed by atoms with Crippen molar-refractivity contribution in [3.8, 4) is 0 Å². The van der Waals surface area contributed by atoms with Gasteiger partial charge in [0.2, 0.25) is 0 Å². The molecule has 0 aliphatic rings. The third-order valence-corrected chi connectivity index (χ3v) is 6.02. The predicted octanol–water partition coefficient (Wildman–Crippen LogP) is 4.87. The van der Waals surface area contributed by atoms with Crippen LogP contribution in [0, 0.1) is 0 Å². The van der Waals surface area contributed by atoms with Crippen molar-refractivity contribution in [2.24, 2.45) is 0 Å². The minimum atomic E-state index is -0.156. The van der Waals surface area contributed by atoms with Gasteiger partial charge in [0, 0.05) is 14.6 Å². The highest BCUT2D eigenvalue weighted by Crippen LogP contribution is 2.33. The number of nitrogens with one attached hydrogen (secondary N) is 1. The molecule has 0 aliphatic carbocycles. The Morgan fingerprint density at radius 1 is 1.17 bits per heavy atom. The molecule has 1 aromatic carbocycles. The van der Waals surface area contributed by atoms with E-state index in [0.717, 1.165) is 12.7 Å². The van der Waals surface area contributed by atoms with Crippen LogP contribution in [0.25, 0.3) is 0 Å². The first-order valence-corrected chi connectivity index (χ1v) is 7.98. The molecule has 2 aromatic rings. The Labute approximate surface area is 133 Å². The molecule has 3 N–H and O–H groups in total. The summed E-state index contributed by atoms with van der Waals surface area (Å²) in [5, 5.41) is 2.82. The number of rotatable bonds is 2. The maximum atomic E-state index is 12.0. The second kappa shape index (κ2) is 5.73. The van der Waals surface area contributed by atoms with Crippen molar-refractivity contribution in [2.75, 3.05) is 11.1 Å². The summed E-state index contributed by atoms with van der Waals surface area (Å²) in [5.74, 6) is -0.156. The Morgan fingerprint density at radius 2 is 1.89 bits per heavy atom. The monoisotopic (exact) mass is 452 g/mol. The first kappa shape index (κ1) is 14.0. The van der Waals surface area contributed by atoms with E-state index in [2.05, 4.69) is 53.1 Å². The lowest BCUT2D eigenvalue weighted by Gasteiger charge is -2.06. The number of hydrogen-bond acceptors (Lipinski definition) is 3. The van der Waals surface area contributed by atoms with E-state index in [1.807, 2.05) is 0 Å². The number of benzene rings is 1. The molecule has 0 fully saturated rings. The number of halogens is 3. The highest BCUT2D eigenvalue weighted by molar-refractivity contribution is 9.13. The van der Waals surface area contributed by atoms with Crippen molar-refractivity contribution in [1.29, 1.82) is 0 Å². The lowest BCUT2D eigenvalue weighted by Crippen LogP contribution is -2.10. The van der Waals surface area contributed by atoms with Crippen molar-refractivity contribution in [3.63, 3.8) is 0 Å². The summed E-state index contributed by atoms with van der Waals surface area (Å²) in [5.41, 5.74) is 6.97. The zero-order valence-corrected chi connectivity index (χ0v) is 14.4. The molecule has 1 heterocycles. The number of nitrogen functional groups attached to an aromatic ring is 1. The van der Waals surface area contributed by atoms with Gasteiger partial charge in [-0.25, -0.2) is 0 Å². The zero-order chi connectivity index (χ0) is 13.3. The van der Waals surface area contributed by atoms with Crippen LogP contribution in [0.4, 0.5) is 11.4 Å². The molecule has 0 saturated heterocycles. The Kier molecular flexibility index (Phi) is 4.47. The lowest BCUT2D eigenvalue weighted by molar-refractivity contribution is 0.103. The van der Waals surface area contributed by atoms with Gasteiger partial charge in [-0.3, -0.25) is 4.79 Å². The fourth-order valence-corrected chi connectivity index (χ4v) is 3.70. The van der Waals surface area contributed by atoms with Gasteiger partial charge in [0.1, 0.15) is 0 Å². The van der Waals surface area contributed by atoms with Crippen LogP contribution in [0.5, 0.6) is 0 Å².